The molecule has 0 unspecified atom stereocenters. The number of hydrogen-bond donors (Lipinski definition) is 1. The van der Waals surface area contributed by atoms with Gasteiger partial charge in [-0.25, -0.2) is 0 Å². The lowest BCUT2D eigenvalue weighted by Gasteiger charge is -2.00. The number of carbonyl (C=O) groups is 2. The molecule has 0 aliphatic heterocycles. The number of ketones is 1. The molecule has 0 saturated carbocycles. The molecule has 0 fully saturated rings. The predicted octanol–water partition coefficient (Wildman–Crippen LogP) is 1.05. The van der Waals surface area contributed by atoms with Crippen LogP contribution in [0.25, 0.3) is 0 Å². The smallest absolute Gasteiger partial charge is 0.229 e. The molecule has 0 aliphatic carbocycles. The number of nitrogens with two attached hydrogens (primary N) is 1. The maximum Gasteiger partial charge on any atom is 0.229 e. The third kappa shape index (κ3) is 3.97. The average molecular weight is 215 g/mol. The minimum Gasteiger partial charge on any atom is -0.369 e. The maximum atomic E-state index is 11.0. The summed E-state index contributed by atoms with van der Waals surface area (Å²) in [4.78, 5) is 21.5. The van der Waals surface area contributed by atoms with Crippen LogP contribution >= 0.6 is 0 Å². The highest BCUT2D eigenvalue weighted by molar-refractivity contribution is 5.79. The van der Waals surface area contributed by atoms with Crippen LogP contribution in [0, 0.1) is 11.8 Å². The van der Waals surface area contributed by atoms with Gasteiger partial charge >= 0.3 is 0 Å². The Balaban J connectivity index is 2.89. The lowest BCUT2D eigenvalue weighted by atomic mass is 10.0. The van der Waals surface area contributed by atoms with Gasteiger partial charge in [0.1, 0.15) is 5.78 Å². The normalized spacial score (nSPS) is 9.06. The van der Waals surface area contributed by atoms with Gasteiger partial charge in [-0.1, -0.05) is 30.0 Å². The van der Waals surface area contributed by atoms with Crippen molar-refractivity contribution in [1.82, 2.24) is 0 Å². The van der Waals surface area contributed by atoms with Gasteiger partial charge in [-0.05, 0) is 18.6 Å². The Morgan fingerprint density at radius 2 is 2.00 bits per heavy atom. The summed E-state index contributed by atoms with van der Waals surface area (Å²) in [6.45, 7) is 1.54. The van der Waals surface area contributed by atoms with Crippen LogP contribution in [0.15, 0.2) is 24.3 Å². The van der Waals surface area contributed by atoms with Crippen molar-refractivity contribution in [2.24, 2.45) is 5.73 Å². The molecular formula is C13H13NO2. The van der Waals surface area contributed by atoms with E-state index >= 15 is 0 Å². The molecule has 0 heterocycles. The van der Waals surface area contributed by atoms with E-state index in [1.165, 1.54) is 6.92 Å². The van der Waals surface area contributed by atoms with E-state index in [0.29, 0.717) is 6.42 Å². The molecule has 0 spiro atoms. The van der Waals surface area contributed by atoms with E-state index in [4.69, 9.17) is 5.73 Å². The summed E-state index contributed by atoms with van der Waals surface area (Å²) in [6.07, 6.45) is 0.399. The number of amides is 1. The molecule has 0 radical (unpaired) electrons. The largest absolute Gasteiger partial charge is 0.369 e. The molecule has 0 saturated heterocycles. The van der Waals surface area contributed by atoms with E-state index in [0.717, 1.165) is 11.1 Å². The first-order valence-corrected chi connectivity index (χ1v) is 4.94. The van der Waals surface area contributed by atoms with Gasteiger partial charge in [0.25, 0.3) is 0 Å². The van der Waals surface area contributed by atoms with E-state index in [1.54, 1.807) is 0 Å². The number of carbonyl (C=O) groups excluding carboxylic acids is 2. The lowest BCUT2D eigenvalue weighted by Crippen LogP contribution is -2.08. The Hall–Kier alpha value is -2.08. The van der Waals surface area contributed by atoms with Crippen LogP contribution in [0.2, 0.25) is 0 Å². The fourth-order valence-electron chi connectivity index (χ4n) is 1.29. The maximum absolute atomic E-state index is 11.0. The van der Waals surface area contributed by atoms with Crippen LogP contribution in [0.3, 0.4) is 0 Å². The summed E-state index contributed by atoms with van der Waals surface area (Å²) in [5, 5.41) is 0. The van der Waals surface area contributed by atoms with E-state index in [2.05, 4.69) is 11.8 Å². The van der Waals surface area contributed by atoms with Crippen LogP contribution in [0.5, 0.6) is 0 Å². The second-order valence-electron chi connectivity index (χ2n) is 3.48. The molecule has 1 aromatic rings. The Labute approximate surface area is 94.6 Å². The minimum absolute atomic E-state index is 0.0361. The van der Waals surface area contributed by atoms with Crippen LogP contribution < -0.4 is 5.73 Å². The monoisotopic (exact) mass is 215 g/mol. The van der Waals surface area contributed by atoms with Crippen LogP contribution in [0.1, 0.15) is 24.5 Å². The number of Topliss-reactive ketones (excluding diaryl/α,β-unsaturated/α-hetero) is 1. The third-order valence-corrected chi connectivity index (χ3v) is 1.94. The second-order valence-corrected chi connectivity index (χ2v) is 3.48. The molecule has 0 atom stereocenters. The number of primary amides is 1. The SMILES string of the molecule is CC(=O)Cc1ccccc1C#CCC(N)=O. The number of hydrogen-bond acceptors (Lipinski definition) is 2. The first kappa shape index (κ1) is 12.0. The summed E-state index contributed by atoms with van der Waals surface area (Å²) in [6, 6.07) is 7.39. The van der Waals surface area contributed by atoms with Gasteiger partial charge in [0, 0.05) is 12.0 Å². The zero-order valence-corrected chi connectivity index (χ0v) is 9.12. The molecule has 16 heavy (non-hydrogen) atoms. The molecule has 3 nitrogen and oxygen atoms in total. The topological polar surface area (TPSA) is 60.2 Å². The van der Waals surface area contributed by atoms with E-state index in [-0.39, 0.29) is 12.2 Å². The average Bonchev–Trinajstić information content (AvgIpc) is 2.19. The Morgan fingerprint density at radius 3 is 2.62 bits per heavy atom. The number of rotatable bonds is 3. The van der Waals surface area contributed by atoms with Gasteiger partial charge < -0.3 is 5.73 Å². The zero-order chi connectivity index (χ0) is 12.0. The predicted molar refractivity (Wildman–Crippen MR) is 61.5 cm³/mol. The van der Waals surface area contributed by atoms with Gasteiger partial charge in [0.15, 0.2) is 0 Å². The first-order valence-electron chi connectivity index (χ1n) is 4.94. The van der Waals surface area contributed by atoms with Crippen molar-refractivity contribution in [2.45, 2.75) is 19.8 Å². The highest BCUT2D eigenvalue weighted by atomic mass is 16.1. The summed E-state index contributed by atoms with van der Waals surface area (Å²) in [5.41, 5.74) is 6.64. The molecule has 3 heteroatoms. The standard InChI is InChI=1S/C13H13NO2/c1-10(15)9-12-6-3-2-5-11(12)7-4-8-13(14)16/h2-3,5-6H,8-9H2,1H3,(H2,14,16). The van der Waals surface area contributed by atoms with Gasteiger partial charge in [-0.2, -0.15) is 0 Å². The van der Waals surface area contributed by atoms with Gasteiger partial charge in [0.05, 0.1) is 6.42 Å². The third-order valence-electron chi connectivity index (χ3n) is 1.94. The van der Waals surface area contributed by atoms with E-state index < -0.39 is 5.91 Å². The fourth-order valence-corrected chi connectivity index (χ4v) is 1.29. The van der Waals surface area contributed by atoms with Crippen molar-refractivity contribution in [1.29, 1.82) is 0 Å². The van der Waals surface area contributed by atoms with Crippen molar-refractivity contribution < 1.29 is 9.59 Å². The molecule has 0 aromatic heterocycles. The Kier molecular flexibility index (Phi) is 4.28. The van der Waals surface area contributed by atoms with Gasteiger partial charge in [0.2, 0.25) is 5.91 Å². The van der Waals surface area contributed by atoms with Crippen molar-refractivity contribution in [2.75, 3.05) is 0 Å². The molecule has 1 amide bonds. The van der Waals surface area contributed by atoms with Crippen LogP contribution in [-0.4, -0.2) is 11.7 Å². The first-order chi connectivity index (χ1) is 7.59. The summed E-state index contributed by atoms with van der Waals surface area (Å²) < 4.78 is 0. The van der Waals surface area contributed by atoms with Crippen molar-refractivity contribution >= 4 is 11.7 Å². The lowest BCUT2D eigenvalue weighted by molar-refractivity contribution is -0.117. The molecular weight excluding hydrogens is 202 g/mol. The zero-order valence-electron chi connectivity index (χ0n) is 9.12. The van der Waals surface area contributed by atoms with Crippen LogP contribution in [-0.2, 0) is 16.0 Å². The summed E-state index contributed by atoms with van der Waals surface area (Å²) >= 11 is 0. The highest BCUT2D eigenvalue weighted by Gasteiger charge is 2.01. The summed E-state index contributed by atoms with van der Waals surface area (Å²) in [7, 11) is 0. The Bertz CT molecular complexity index is 466. The Morgan fingerprint density at radius 1 is 1.31 bits per heavy atom. The highest BCUT2D eigenvalue weighted by Crippen LogP contribution is 2.08. The number of benzene rings is 1. The van der Waals surface area contributed by atoms with E-state index in [1.807, 2.05) is 24.3 Å². The van der Waals surface area contributed by atoms with Crippen LogP contribution in [0.4, 0.5) is 0 Å². The minimum atomic E-state index is -0.448. The van der Waals surface area contributed by atoms with Gasteiger partial charge in [-0.15, -0.1) is 0 Å². The quantitative estimate of drug-likeness (QED) is 0.766. The van der Waals surface area contributed by atoms with Crippen molar-refractivity contribution in [3.05, 3.63) is 35.4 Å². The fraction of sp³-hybridized carbons (Fsp3) is 0.231. The van der Waals surface area contributed by atoms with Crippen molar-refractivity contribution in [3.63, 3.8) is 0 Å². The second kappa shape index (κ2) is 5.72. The van der Waals surface area contributed by atoms with Crippen molar-refractivity contribution in [3.8, 4) is 11.8 Å². The van der Waals surface area contributed by atoms with Gasteiger partial charge in [-0.3, -0.25) is 9.59 Å². The molecule has 2 N–H and O–H groups in total. The molecule has 1 rings (SSSR count). The summed E-state index contributed by atoms with van der Waals surface area (Å²) in [5.74, 6) is 5.17. The van der Waals surface area contributed by atoms with E-state index in [9.17, 15) is 9.59 Å². The molecule has 82 valence electrons. The molecule has 0 bridgehead atoms. The molecule has 1 aromatic carbocycles. The molecule has 0 aliphatic rings.